The molecule has 2 fully saturated rings. The van der Waals surface area contributed by atoms with Crippen LogP contribution in [-0.4, -0.2) is 55.3 Å². The SMILES string of the molecule is COc1ccc(CO[C@@H]2O[C@H](CO)[C@@H]3OC(C)(C)O[C@@H]3[C@H]2OCc2ccccc2)cc1. The molecule has 0 bridgehead atoms. The van der Waals surface area contributed by atoms with Crippen molar-refractivity contribution in [1.29, 1.82) is 0 Å². The van der Waals surface area contributed by atoms with E-state index in [0.29, 0.717) is 13.2 Å². The van der Waals surface area contributed by atoms with Gasteiger partial charge in [-0.05, 0) is 37.1 Å². The van der Waals surface area contributed by atoms with Gasteiger partial charge in [-0.25, -0.2) is 0 Å². The van der Waals surface area contributed by atoms with E-state index >= 15 is 0 Å². The molecule has 0 unspecified atom stereocenters. The van der Waals surface area contributed by atoms with Gasteiger partial charge in [0.25, 0.3) is 0 Å². The Balaban J connectivity index is 1.50. The van der Waals surface area contributed by atoms with Crippen molar-refractivity contribution in [2.45, 2.75) is 63.6 Å². The van der Waals surface area contributed by atoms with Gasteiger partial charge in [0.15, 0.2) is 12.1 Å². The van der Waals surface area contributed by atoms with Gasteiger partial charge in [-0.1, -0.05) is 42.5 Å². The molecule has 7 nitrogen and oxygen atoms in total. The lowest BCUT2D eigenvalue weighted by atomic mass is 9.99. The number of hydrogen-bond acceptors (Lipinski definition) is 7. The van der Waals surface area contributed by atoms with Crippen LogP contribution in [-0.2, 0) is 36.9 Å². The molecule has 2 saturated heterocycles. The molecule has 0 amide bonds. The Morgan fingerprint density at radius 3 is 2.19 bits per heavy atom. The van der Waals surface area contributed by atoms with Crippen molar-refractivity contribution in [2.75, 3.05) is 13.7 Å². The topological polar surface area (TPSA) is 75.6 Å². The summed E-state index contributed by atoms with van der Waals surface area (Å²) in [6, 6.07) is 17.5. The molecule has 31 heavy (non-hydrogen) atoms. The van der Waals surface area contributed by atoms with Gasteiger partial charge in [-0.3, -0.25) is 0 Å². The first-order valence-electron chi connectivity index (χ1n) is 10.5. The fourth-order valence-electron chi connectivity index (χ4n) is 3.96. The highest BCUT2D eigenvalue weighted by molar-refractivity contribution is 5.26. The first kappa shape index (κ1) is 22.2. The maximum Gasteiger partial charge on any atom is 0.187 e. The number of methoxy groups -OCH3 is 1. The van der Waals surface area contributed by atoms with E-state index in [0.717, 1.165) is 16.9 Å². The monoisotopic (exact) mass is 430 g/mol. The molecule has 2 aliphatic heterocycles. The van der Waals surface area contributed by atoms with E-state index in [1.54, 1.807) is 7.11 Å². The van der Waals surface area contributed by atoms with Gasteiger partial charge in [-0.15, -0.1) is 0 Å². The molecule has 2 heterocycles. The third kappa shape index (κ3) is 5.26. The van der Waals surface area contributed by atoms with E-state index in [9.17, 15) is 5.11 Å². The molecule has 2 aromatic carbocycles. The summed E-state index contributed by atoms with van der Waals surface area (Å²) < 4.78 is 35.8. The Bertz CT molecular complexity index is 824. The van der Waals surface area contributed by atoms with Crippen molar-refractivity contribution in [3.05, 3.63) is 65.7 Å². The number of rotatable bonds is 8. The predicted molar refractivity (Wildman–Crippen MR) is 112 cm³/mol. The predicted octanol–water partition coefficient (Wildman–Crippen LogP) is 3.03. The first-order chi connectivity index (χ1) is 15.0. The zero-order valence-electron chi connectivity index (χ0n) is 18.1. The van der Waals surface area contributed by atoms with E-state index in [1.165, 1.54) is 0 Å². The Kier molecular flexibility index (Phi) is 6.91. The van der Waals surface area contributed by atoms with Crippen LogP contribution < -0.4 is 4.74 Å². The zero-order valence-corrected chi connectivity index (χ0v) is 18.1. The highest BCUT2D eigenvalue weighted by atomic mass is 16.8. The first-order valence-corrected chi connectivity index (χ1v) is 10.5. The molecular formula is C24H30O7. The second kappa shape index (κ2) is 9.65. The summed E-state index contributed by atoms with van der Waals surface area (Å²) in [5.74, 6) is -0.0191. The number of aliphatic hydroxyl groups is 1. The fraction of sp³-hybridized carbons (Fsp3) is 0.500. The summed E-state index contributed by atoms with van der Waals surface area (Å²) in [6.45, 7) is 4.20. The second-order valence-corrected chi connectivity index (χ2v) is 8.21. The normalized spacial score (nSPS) is 29.5. The van der Waals surface area contributed by atoms with E-state index in [4.69, 9.17) is 28.4 Å². The molecule has 0 radical (unpaired) electrons. The van der Waals surface area contributed by atoms with Crippen LogP contribution in [0.1, 0.15) is 25.0 Å². The summed E-state index contributed by atoms with van der Waals surface area (Å²) in [5.41, 5.74) is 2.01. The highest BCUT2D eigenvalue weighted by Gasteiger charge is 2.56. The third-order valence-electron chi connectivity index (χ3n) is 5.47. The minimum absolute atomic E-state index is 0.200. The minimum atomic E-state index is -0.800. The van der Waals surface area contributed by atoms with Gasteiger partial charge in [0, 0.05) is 0 Å². The van der Waals surface area contributed by atoms with Crippen molar-refractivity contribution in [3.8, 4) is 5.75 Å². The van der Waals surface area contributed by atoms with Crippen LogP contribution in [0, 0.1) is 0 Å². The molecular weight excluding hydrogens is 400 g/mol. The van der Waals surface area contributed by atoms with E-state index in [-0.39, 0.29) is 6.61 Å². The molecule has 1 N–H and O–H groups in total. The highest BCUT2D eigenvalue weighted by Crippen LogP contribution is 2.39. The van der Waals surface area contributed by atoms with Gasteiger partial charge in [-0.2, -0.15) is 0 Å². The maximum atomic E-state index is 9.89. The number of aliphatic hydroxyl groups excluding tert-OH is 1. The summed E-state index contributed by atoms with van der Waals surface area (Å²) >= 11 is 0. The fourth-order valence-corrected chi connectivity index (χ4v) is 3.96. The van der Waals surface area contributed by atoms with E-state index in [2.05, 4.69) is 0 Å². The summed E-state index contributed by atoms with van der Waals surface area (Å²) in [6.07, 6.45) is -2.67. The molecule has 168 valence electrons. The Hall–Kier alpha value is -2.00. The number of hydrogen-bond donors (Lipinski definition) is 1. The van der Waals surface area contributed by atoms with Crippen LogP contribution in [0.25, 0.3) is 0 Å². The van der Waals surface area contributed by atoms with Gasteiger partial charge < -0.3 is 33.5 Å². The van der Waals surface area contributed by atoms with Crippen LogP contribution in [0.15, 0.2) is 54.6 Å². The number of fused-ring (bicyclic) bond motifs is 1. The zero-order chi connectivity index (χ0) is 21.8. The van der Waals surface area contributed by atoms with Crippen LogP contribution >= 0.6 is 0 Å². The largest absolute Gasteiger partial charge is 0.497 e. The Morgan fingerprint density at radius 2 is 1.52 bits per heavy atom. The standard InChI is InChI=1S/C24H30O7/c1-24(2)30-20-19(13-25)29-23(28-15-17-9-11-18(26-3)12-10-17)22(21(20)31-24)27-14-16-7-5-4-6-8-16/h4-12,19-23,25H,13-15H2,1-3H3/t19-,20+,21+,22-,23-/m1/s1. The molecule has 0 spiro atoms. The van der Waals surface area contributed by atoms with Crippen LogP contribution in [0.4, 0.5) is 0 Å². The number of benzene rings is 2. The summed E-state index contributed by atoms with van der Waals surface area (Å²) in [5, 5.41) is 9.89. The summed E-state index contributed by atoms with van der Waals surface area (Å²) in [4.78, 5) is 0. The minimum Gasteiger partial charge on any atom is -0.497 e. The van der Waals surface area contributed by atoms with E-state index in [1.807, 2.05) is 68.4 Å². The maximum absolute atomic E-state index is 9.89. The van der Waals surface area contributed by atoms with Crippen LogP contribution in [0.2, 0.25) is 0 Å². The average Bonchev–Trinajstić information content (AvgIpc) is 3.12. The second-order valence-electron chi connectivity index (χ2n) is 8.21. The van der Waals surface area contributed by atoms with Gasteiger partial charge >= 0.3 is 0 Å². The van der Waals surface area contributed by atoms with Crippen molar-refractivity contribution in [1.82, 2.24) is 0 Å². The van der Waals surface area contributed by atoms with Crippen molar-refractivity contribution >= 4 is 0 Å². The molecule has 0 aliphatic carbocycles. The third-order valence-corrected chi connectivity index (χ3v) is 5.47. The quantitative estimate of drug-likeness (QED) is 0.690. The lowest BCUT2D eigenvalue weighted by molar-refractivity contribution is -0.297. The Morgan fingerprint density at radius 1 is 0.871 bits per heavy atom. The van der Waals surface area contributed by atoms with Gasteiger partial charge in [0.2, 0.25) is 0 Å². The van der Waals surface area contributed by atoms with Gasteiger partial charge in [0.05, 0.1) is 26.9 Å². The van der Waals surface area contributed by atoms with Crippen LogP contribution in [0.5, 0.6) is 5.75 Å². The number of ether oxygens (including phenoxy) is 6. The average molecular weight is 430 g/mol. The lowest BCUT2D eigenvalue weighted by Gasteiger charge is -2.41. The van der Waals surface area contributed by atoms with Crippen LogP contribution in [0.3, 0.4) is 0 Å². The van der Waals surface area contributed by atoms with Crippen molar-refractivity contribution in [2.24, 2.45) is 0 Å². The van der Waals surface area contributed by atoms with Gasteiger partial charge in [0.1, 0.15) is 30.2 Å². The molecule has 2 aromatic rings. The molecule has 4 rings (SSSR count). The molecule has 0 saturated carbocycles. The molecule has 5 atom stereocenters. The van der Waals surface area contributed by atoms with Crippen molar-refractivity contribution < 1.29 is 33.5 Å². The lowest BCUT2D eigenvalue weighted by Crippen LogP contribution is -2.58. The smallest absolute Gasteiger partial charge is 0.187 e. The van der Waals surface area contributed by atoms with E-state index < -0.39 is 36.5 Å². The Labute approximate surface area is 182 Å². The molecule has 2 aliphatic rings. The van der Waals surface area contributed by atoms with Crippen molar-refractivity contribution in [3.63, 3.8) is 0 Å². The molecule has 0 aromatic heterocycles. The summed E-state index contributed by atoms with van der Waals surface area (Å²) in [7, 11) is 1.63. The molecule has 7 heteroatoms.